The molecule has 28 heavy (non-hydrogen) atoms. The van der Waals surface area contributed by atoms with Crippen LogP contribution < -0.4 is 10.2 Å². The topological polar surface area (TPSA) is 105 Å². The Morgan fingerprint density at radius 2 is 1.86 bits per heavy atom. The Hall–Kier alpha value is -2.56. The molecule has 1 amide bonds. The quantitative estimate of drug-likeness (QED) is 0.795. The number of carbonyl (C=O) groups excluding carboxylic acids is 1. The number of hydrogen-bond acceptors (Lipinski definition) is 7. The Morgan fingerprint density at radius 1 is 1.14 bits per heavy atom. The normalized spacial score (nSPS) is 15.2. The number of nitrogens with zero attached hydrogens (tertiary/aromatic N) is 4. The van der Waals surface area contributed by atoms with Gasteiger partial charge in [-0.05, 0) is 36.8 Å². The first-order valence-corrected chi connectivity index (χ1v) is 10.2. The largest absolute Gasteiger partial charge is 0.379 e. The highest BCUT2D eigenvalue weighted by atomic mass is 32.2. The Balaban J connectivity index is 1.82. The van der Waals surface area contributed by atoms with Gasteiger partial charge in [0.15, 0.2) is 11.5 Å². The van der Waals surface area contributed by atoms with Crippen molar-refractivity contribution in [3.63, 3.8) is 0 Å². The second kappa shape index (κ2) is 8.21. The minimum absolute atomic E-state index is 0.142. The number of morpholine rings is 1. The van der Waals surface area contributed by atoms with Crippen molar-refractivity contribution >= 4 is 27.4 Å². The van der Waals surface area contributed by atoms with Crippen LogP contribution in [0.4, 0.5) is 11.5 Å². The fourth-order valence-corrected chi connectivity index (χ4v) is 4.42. The second-order valence-electron chi connectivity index (χ2n) is 6.62. The summed E-state index contributed by atoms with van der Waals surface area (Å²) in [6.45, 7) is 3.09. The number of aryl methyl sites for hydroxylation is 1. The van der Waals surface area contributed by atoms with Crippen LogP contribution >= 0.6 is 0 Å². The maximum Gasteiger partial charge on any atom is 0.276 e. The number of aromatic nitrogens is 2. The van der Waals surface area contributed by atoms with E-state index >= 15 is 0 Å². The van der Waals surface area contributed by atoms with E-state index in [0.29, 0.717) is 43.4 Å². The van der Waals surface area contributed by atoms with Crippen molar-refractivity contribution < 1.29 is 17.9 Å². The molecule has 1 aliphatic heterocycles. The van der Waals surface area contributed by atoms with E-state index in [1.807, 2.05) is 14.1 Å². The minimum atomic E-state index is -3.66. The van der Waals surface area contributed by atoms with Crippen LogP contribution in [0.1, 0.15) is 16.1 Å². The van der Waals surface area contributed by atoms with Crippen LogP contribution in [-0.4, -0.2) is 69.2 Å². The van der Waals surface area contributed by atoms with Crippen LogP contribution in [0.3, 0.4) is 0 Å². The van der Waals surface area contributed by atoms with Crippen LogP contribution in [0.25, 0.3) is 0 Å². The predicted molar refractivity (Wildman–Crippen MR) is 105 cm³/mol. The van der Waals surface area contributed by atoms with E-state index in [2.05, 4.69) is 15.5 Å². The monoisotopic (exact) mass is 405 g/mol. The molecular weight excluding hydrogens is 382 g/mol. The third kappa shape index (κ3) is 4.29. The molecule has 2 aromatic rings. The molecule has 1 aromatic heterocycles. The SMILES string of the molecule is Cc1ccc(NC(=O)c2ccc(N(C)C)nn2)cc1S(=O)(=O)N1CCOCC1. The first-order valence-electron chi connectivity index (χ1n) is 8.80. The Bertz CT molecular complexity index is 954. The summed E-state index contributed by atoms with van der Waals surface area (Å²) >= 11 is 0. The molecule has 9 nitrogen and oxygen atoms in total. The summed E-state index contributed by atoms with van der Waals surface area (Å²) in [5.74, 6) is 0.169. The van der Waals surface area contributed by atoms with Crippen molar-refractivity contribution in [2.75, 3.05) is 50.6 Å². The minimum Gasteiger partial charge on any atom is -0.379 e. The summed E-state index contributed by atoms with van der Waals surface area (Å²) in [5, 5.41) is 10.6. The lowest BCUT2D eigenvalue weighted by atomic mass is 10.2. The molecule has 1 aromatic carbocycles. The number of amides is 1. The van der Waals surface area contributed by atoms with Gasteiger partial charge in [-0.3, -0.25) is 4.79 Å². The lowest BCUT2D eigenvalue weighted by Crippen LogP contribution is -2.40. The van der Waals surface area contributed by atoms with Crippen molar-refractivity contribution in [3.8, 4) is 0 Å². The molecule has 0 unspecified atom stereocenters. The first kappa shape index (κ1) is 20.2. The second-order valence-corrected chi connectivity index (χ2v) is 8.53. The molecule has 0 bridgehead atoms. The number of sulfonamides is 1. The zero-order chi connectivity index (χ0) is 20.3. The van der Waals surface area contributed by atoms with E-state index in [1.165, 1.54) is 10.4 Å². The van der Waals surface area contributed by atoms with Crippen LogP contribution in [0.2, 0.25) is 0 Å². The van der Waals surface area contributed by atoms with Crippen molar-refractivity contribution in [1.29, 1.82) is 0 Å². The van der Waals surface area contributed by atoms with Gasteiger partial charge in [-0.25, -0.2) is 8.42 Å². The molecule has 0 saturated carbocycles. The summed E-state index contributed by atoms with van der Waals surface area (Å²) in [6, 6.07) is 8.05. The maximum absolute atomic E-state index is 12.9. The van der Waals surface area contributed by atoms with Gasteiger partial charge in [-0.15, -0.1) is 10.2 Å². The Morgan fingerprint density at radius 3 is 2.46 bits per heavy atom. The van der Waals surface area contributed by atoms with Crippen LogP contribution in [0, 0.1) is 6.92 Å². The lowest BCUT2D eigenvalue weighted by molar-refractivity contribution is 0.0730. The summed E-state index contributed by atoms with van der Waals surface area (Å²) in [7, 11) is -0.0105. The zero-order valence-electron chi connectivity index (χ0n) is 16.0. The highest BCUT2D eigenvalue weighted by molar-refractivity contribution is 7.89. The van der Waals surface area contributed by atoms with Gasteiger partial charge in [0, 0.05) is 32.9 Å². The van der Waals surface area contributed by atoms with Gasteiger partial charge < -0.3 is 15.0 Å². The molecule has 10 heteroatoms. The maximum atomic E-state index is 12.9. The number of benzene rings is 1. The molecule has 0 atom stereocenters. The fourth-order valence-electron chi connectivity index (χ4n) is 2.76. The highest BCUT2D eigenvalue weighted by Gasteiger charge is 2.28. The third-order valence-electron chi connectivity index (χ3n) is 4.38. The third-order valence-corrected chi connectivity index (χ3v) is 6.42. The van der Waals surface area contributed by atoms with Crippen molar-refractivity contribution in [3.05, 3.63) is 41.6 Å². The Labute approximate surface area is 164 Å². The highest BCUT2D eigenvalue weighted by Crippen LogP contribution is 2.24. The molecule has 1 fully saturated rings. The molecule has 2 heterocycles. The summed E-state index contributed by atoms with van der Waals surface area (Å²) in [4.78, 5) is 14.4. The molecule has 150 valence electrons. The van der Waals surface area contributed by atoms with Crippen molar-refractivity contribution in [1.82, 2.24) is 14.5 Å². The van der Waals surface area contributed by atoms with E-state index in [9.17, 15) is 13.2 Å². The smallest absolute Gasteiger partial charge is 0.276 e. The van der Waals surface area contributed by atoms with Gasteiger partial charge in [0.2, 0.25) is 10.0 Å². The molecule has 0 spiro atoms. The van der Waals surface area contributed by atoms with Crippen molar-refractivity contribution in [2.24, 2.45) is 0 Å². The first-order chi connectivity index (χ1) is 13.3. The number of hydrogen-bond donors (Lipinski definition) is 1. The van der Waals surface area contributed by atoms with Gasteiger partial charge >= 0.3 is 0 Å². The summed E-state index contributed by atoms with van der Waals surface area (Å²) in [5.41, 5.74) is 1.13. The van der Waals surface area contributed by atoms with Gasteiger partial charge in [-0.2, -0.15) is 4.31 Å². The van der Waals surface area contributed by atoms with Gasteiger partial charge in [0.1, 0.15) is 0 Å². The number of ether oxygens (including phenoxy) is 1. The molecule has 1 aliphatic rings. The number of nitrogens with one attached hydrogen (secondary N) is 1. The molecular formula is C18H23N5O4S. The van der Waals surface area contributed by atoms with Gasteiger partial charge in [0.25, 0.3) is 5.91 Å². The fraction of sp³-hybridized carbons (Fsp3) is 0.389. The molecule has 0 aliphatic carbocycles. The number of carbonyl (C=O) groups is 1. The van der Waals surface area contributed by atoms with Gasteiger partial charge in [0.05, 0.1) is 18.1 Å². The molecule has 0 radical (unpaired) electrons. The molecule has 1 N–H and O–H groups in total. The van der Waals surface area contributed by atoms with Crippen LogP contribution in [-0.2, 0) is 14.8 Å². The predicted octanol–water partition coefficient (Wildman–Crippen LogP) is 1.12. The average Bonchev–Trinajstić information content (AvgIpc) is 2.70. The Kier molecular flexibility index (Phi) is 5.92. The zero-order valence-corrected chi connectivity index (χ0v) is 16.9. The van der Waals surface area contributed by atoms with Crippen LogP contribution in [0.5, 0.6) is 0 Å². The van der Waals surface area contributed by atoms with E-state index < -0.39 is 15.9 Å². The van der Waals surface area contributed by atoms with E-state index in [4.69, 9.17) is 4.74 Å². The van der Waals surface area contributed by atoms with E-state index in [-0.39, 0.29) is 10.6 Å². The van der Waals surface area contributed by atoms with Gasteiger partial charge in [-0.1, -0.05) is 6.07 Å². The standard InChI is InChI=1S/C18H23N5O4S/c1-13-4-5-14(12-16(13)28(25,26)23-8-10-27-11-9-23)19-18(24)15-6-7-17(21-20-15)22(2)3/h4-7,12H,8-11H2,1-3H3,(H,19,24). The molecule has 1 saturated heterocycles. The average molecular weight is 405 g/mol. The summed E-state index contributed by atoms with van der Waals surface area (Å²) in [6.07, 6.45) is 0. The van der Waals surface area contributed by atoms with Crippen LogP contribution in [0.15, 0.2) is 35.2 Å². The van der Waals surface area contributed by atoms with E-state index in [0.717, 1.165) is 0 Å². The summed E-state index contributed by atoms with van der Waals surface area (Å²) < 4.78 is 32.5. The number of anilines is 2. The number of rotatable bonds is 5. The lowest BCUT2D eigenvalue weighted by Gasteiger charge is -2.26. The van der Waals surface area contributed by atoms with E-state index in [1.54, 1.807) is 36.1 Å². The van der Waals surface area contributed by atoms with Crippen molar-refractivity contribution in [2.45, 2.75) is 11.8 Å². The molecule has 3 rings (SSSR count).